The topological polar surface area (TPSA) is 179 Å². The number of piperazine rings is 2. The van der Waals surface area contributed by atoms with Crippen molar-refractivity contribution >= 4 is 52.6 Å². The number of aromatic nitrogens is 4. The van der Waals surface area contributed by atoms with Crippen LogP contribution in [0.4, 0.5) is 38.4 Å². The number of aryl methyl sites for hydroxylation is 2. The molecule has 16 nitrogen and oxygen atoms in total. The largest absolute Gasteiger partial charge is 0.444 e. The minimum absolute atomic E-state index is 0.414. The maximum Gasteiger partial charge on any atom is 0.407 e. The number of likely N-dealkylation sites (N-methyl/N-ethyl adjacent to an activating group) is 2. The molecule has 4 aromatic heterocycles. The number of hydrogen-bond acceptors (Lipinski definition) is 14. The highest BCUT2D eigenvalue weighted by Gasteiger charge is 2.19. The molecule has 0 radical (unpaired) electrons. The number of pyridine rings is 4. The second-order valence-electron chi connectivity index (χ2n) is 20.3. The van der Waals surface area contributed by atoms with Crippen molar-refractivity contribution in [3.8, 4) is 22.3 Å². The second-order valence-corrected chi connectivity index (χ2v) is 20.7. The fraction of sp³-hybridized carbons (Fsp3) is 0.393. The van der Waals surface area contributed by atoms with Crippen LogP contribution in [0.15, 0.2) is 110 Å². The van der Waals surface area contributed by atoms with Crippen LogP contribution in [0.2, 0.25) is 5.15 Å². The average molecular weight is 1010 g/mol. The molecule has 6 heterocycles. The van der Waals surface area contributed by atoms with Gasteiger partial charge in [0.25, 0.3) is 0 Å². The molecular formula is C56H73ClN12O4. The van der Waals surface area contributed by atoms with Crippen molar-refractivity contribution < 1.29 is 19.1 Å². The zero-order valence-corrected chi connectivity index (χ0v) is 44.9. The van der Waals surface area contributed by atoms with Gasteiger partial charge in [0.2, 0.25) is 0 Å². The molecule has 388 valence electrons. The molecule has 5 N–H and O–H groups in total. The second kappa shape index (κ2) is 25.6. The summed E-state index contributed by atoms with van der Waals surface area (Å²) in [5, 5.41) is 9.48. The van der Waals surface area contributed by atoms with Gasteiger partial charge in [0, 0.05) is 77.8 Å². The van der Waals surface area contributed by atoms with E-state index >= 15 is 0 Å². The molecule has 2 aromatic carbocycles. The van der Waals surface area contributed by atoms with E-state index in [1.54, 1.807) is 12.4 Å². The minimum Gasteiger partial charge on any atom is -0.444 e. The van der Waals surface area contributed by atoms with Gasteiger partial charge in [0.1, 0.15) is 33.8 Å². The van der Waals surface area contributed by atoms with Crippen molar-refractivity contribution in [2.24, 2.45) is 0 Å². The normalized spacial score (nSPS) is 14.2. The van der Waals surface area contributed by atoms with E-state index in [-0.39, 0.29) is 0 Å². The van der Waals surface area contributed by atoms with Gasteiger partial charge in [0.15, 0.2) is 0 Å². The lowest BCUT2D eigenvalue weighted by atomic mass is 10.0. The van der Waals surface area contributed by atoms with E-state index in [4.69, 9.17) is 26.8 Å². The molecule has 2 fully saturated rings. The van der Waals surface area contributed by atoms with E-state index in [1.165, 1.54) is 5.69 Å². The van der Waals surface area contributed by atoms with Gasteiger partial charge in [-0.1, -0.05) is 48.0 Å². The van der Waals surface area contributed by atoms with Crippen LogP contribution < -0.4 is 31.5 Å². The summed E-state index contributed by atoms with van der Waals surface area (Å²) < 4.78 is 10.6. The van der Waals surface area contributed by atoms with E-state index < -0.39 is 23.4 Å². The van der Waals surface area contributed by atoms with Crippen LogP contribution in [0.1, 0.15) is 63.8 Å². The fourth-order valence-electron chi connectivity index (χ4n) is 7.88. The van der Waals surface area contributed by atoms with Crippen molar-refractivity contribution in [1.29, 1.82) is 0 Å². The third-order valence-corrected chi connectivity index (χ3v) is 12.2. The Morgan fingerprint density at radius 1 is 0.562 bits per heavy atom. The van der Waals surface area contributed by atoms with Crippen LogP contribution in [-0.4, -0.2) is 120 Å². The number of nitrogens with zero attached hydrogens (tertiary/aromatic N) is 8. The number of carbonyl (C=O) groups is 2. The van der Waals surface area contributed by atoms with Crippen molar-refractivity contribution in [2.75, 3.05) is 87.3 Å². The van der Waals surface area contributed by atoms with Gasteiger partial charge in [-0.2, -0.15) is 0 Å². The molecule has 73 heavy (non-hydrogen) atoms. The Bertz CT molecular complexity index is 2730. The third-order valence-electron chi connectivity index (χ3n) is 12.0. The van der Waals surface area contributed by atoms with Crippen LogP contribution in [0.3, 0.4) is 0 Å². The Morgan fingerprint density at radius 3 is 1.44 bits per heavy atom. The first kappa shape index (κ1) is 55.3. The smallest absolute Gasteiger partial charge is 0.407 e. The van der Waals surface area contributed by atoms with Gasteiger partial charge < -0.3 is 50.8 Å². The molecule has 2 aliphatic rings. The number of nitrogens with one attached hydrogen (secondary N) is 3. The predicted molar refractivity (Wildman–Crippen MR) is 296 cm³/mol. The number of nitrogen functional groups attached to an aromatic ring is 1. The van der Waals surface area contributed by atoms with Gasteiger partial charge in [-0.05, 0) is 163 Å². The predicted octanol–water partition coefficient (Wildman–Crippen LogP) is 10.1. The SMILES string of the molecule is CN1CCN(c2ccc(Cl)nc2)CC1.Cc1cc(-c2ccnc(N)c2)ccc1CNC(=O)OC(C)(C)C.Cc1cc(-c2ccnc(Nc3ccc(N4CCN(C)CC4)cn3)c2)ccc1CNC(=O)OC(C)(C)C. The number of hydrogen-bond donors (Lipinski definition) is 4. The fourth-order valence-corrected chi connectivity index (χ4v) is 7.99. The Hall–Kier alpha value is -7.01. The molecule has 2 aliphatic heterocycles. The zero-order chi connectivity index (χ0) is 52.7. The summed E-state index contributed by atoms with van der Waals surface area (Å²) in [7, 11) is 4.31. The van der Waals surface area contributed by atoms with Gasteiger partial charge in [-0.3, -0.25) is 0 Å². The molecule has 6 aromatic rings. The van der Waals surface area contributed by atoms with E-state index in [0.717, 1.165) is 114 Å². The summed E-state index contributed by atoms with van der Waals surface area (Å²) in [5.74, 6) is 1.99. The van der Waals surface area contributed by atoms with Gasteiger partial charge >= 0.3 is 12.2 Å². The number of anilines is 5. The lowest BCUT2D eigenvalue weighted by Crippen LogP contribution is -2.44. The van der Waals surface area contributed by atoms with Crippen LogP contribution in [0.5, 0.6) is 0 Å². The van der Waals surface area contributed by atoms with Crippen LogP contribution in [0, 0.1) is 13.8 Å². The Kier molecular flexibility index (Phi) is 19.4. The number of alkyl carbamates (subject to hydrolysis) is 2. The maximum atomic E-state index is 12.0. The number of nitrogens with two attached hydrogens (primary N) is 1. The van der Waals surface area contributed by atoms with Crippen molar-refractivity contribution in [3.63, 3.8) is 0 Å². The monoisotopic (exact) mass is 1010 g/mol. The summed E-state index contributed by atoms with van der Waals surface area (Å²) >= 11 is 5.74. The summed E-state index contributed by atoms with van der Waals surface area (Å²) in [5.41, 5.74) is 15.5. The first-order valence-corrected chi connectivity index (χ1v) is 25.1. The Balaban J connectivity index is 0.000000199. The highest BCUT2D eigenvalue weighted by Crippen LogP contribution is 2.27. The van der Waals surface area contributed by atoms with Gasteiger partial charge in [-0.15, -0.1) is 0 Å². The molecule has 0 unspecified atom stereocenters. The van der Waals surface area contributed by atoms with Crippen LogP contribution in [-0.2, 0) is 22.6 Å². The van der Waals surface area contributed by atoms with Gasteiger partial charge in [-0.25, -0.2) is 29.5 Å². The highest BCUT2D eigenvalue weighted by atomic mass is 35.5. The van der Waals surface area contributed by atoms with Crippen LogP contribution >= 0.6 is 11.6 Å². The number of carbonyl (C=O) groups excluding carboxylic acids is 2. The lowest BCUT2D eigenvalue weighted by Gasteiger charge is -2.33. The molecule has 8 rings (SSSR count). The molecule has 17 heteroatoms. The number of rotatable bonds is 10. The molecular weight excluding hydrogens is 940 g/mol. The standard InChI is InChI=1S/C28H36N6O2.C18H23N3O2.C10H14ClN3/c1-20-16-21(6-7-23(20)18-31-27(35)36-28(2,3)4)22-10-11-29-26(17-22)32-25-9-8-24(19-30-25)34-14-12-33(5)13-15-34;1-12-9-13(14-7-8-20-16(19)10-14)5-6-15(12)11-21-17(22)23-18(2,3)4;1-13-4-6-14(7-5-13)9-2-3-10(11)12-8-9/h6-11,16-17,19H,12-15,18H2,1-5H3,(H,31,35)(H,29,30,32);5-10H,11H2,1-4H3,(H2,19,20)(H,21,22);2-3,8H,4-7H2,1H3. The molecule has 0 saturated carbocycles. The summed E-state index contributed by atoms with van der Waals surface area (Å²) in [6.07, 6.45) is 6.42. The number of benzene rings is 2. The first-order valence-electron chi connectivity index (χ1n) is 24.7. The summed E-state index contributed by atoms with van der Waals surface area (Å²) in [4.78, 5) is 50.2. The van der Waals surface area contributed by atoms with Crippen molar-refractivity contribution in [1.82, 2.24) is 40.4 Å². The van der Waals surface area contributed by atoms with Crippen LogP contribution in [0.25, 0.3) is 22.3 Å². The minimum atomic E-state index is -0.516. The molecule has 0 spiro atoms. The number of amides is 2. The summed E-state index contributed by atoms with van der Waals surface area (Å²) in [6, 6.07) is 28.0. The zero-order valence-electron chi connectivity index (χ0n) is 44.1. The van der Waals surface area contributed by atoms with E-state index in [1.807, 2.05) is 128 Å². The third kappa shape index (κ3) is 18.2. The Labute approximate surface area is 436 Å². The first-order chi connectivity index (χ1) is 34.7. The Morgan fingerprint density at radius 2 is 1.01 bits per heavy atom. The van der Waals surface area contributed by atoms with Crippen molar-refractivity contribution in [2.45, 2.75) is 79.7 Å². The molecule has 0 bridgehead atoms. The van der Waals surface area contributed by atoms with E-state index in [2.05, 4.69) is 93.8 Å². The lowest BCUT2D eigenvalue weighted by molar-refractivity contribution is 0.0512. The molecule has 0 atom stereocenters. The quantitative estimate of drug-likeness (QED) is 0.0953. The summed E-state index contributed by atoms with van der Waals surface area (Å²) in [6.45, 7) is 24.5. The van der Waals surface area contributed by atoms with E-state index in [9.17, 15) is 9.59 Å². The average Bonchev–Trinajstić information content (AvgIpc) is 3.34. The molecule has 0 aliphatic carbocycles. The highest BCUT2D eigenvalue weighted by molar-refractivity contribution is 6.29. The van der Waals surface area contributed by atoms with Gasteiger partial charge in [0.05, 0.1) is 23.8 Å². The molecule has 2 amide bonds. The van der Waals surface area contributed by atoms with E-state index in [0.29, 0.717) is 24.1 Å². The molecule has 2 saturated heterocycles. The number of ether oxygens (including phenoxy) is 2. The number of halogens is 1. The maximum absolute atomic E-state index is 12.0. The van der Waals surface area contributed by atoms with Crippen molar-refractivity contribution in [3.05, 3.63) is 137 Å².